The molecule has 0 aromatic heterocycles. The minimum atomic E-state index is -1.03. The smallest absolute Gasteiger partial charge is 0.480 e. The first kappa shape index (κ1) is 16.5. The summed E-state index contributed by atoms with van der Waals surface area (Å²) in [4.78, 5) is 24.9. The summed E-state index contributed by atoms with van der Waals surface area (Å²) in [7, 11) is 0. The van der Waals surface area contributed by atoms with Crippen LogP contribution >= 0.6 is 0 Å². The maximum atomic E-state index is 10.7. The molecule has 0 fully saturated rings. The van der Waals surface area contributed by atoms with Crippen molar-refractivity contribution in [3.8, 4) is 0 Å². The van der Waals surface area contributed by atoms with E-state index in [-0.39, 0.29) is 53.8 Å². The molecule has 2 N–H and O–H groups in total. The summed E-state index contributed by atoms with van der Waals surface area (Å²) in [5.74, 6) is -1.92. The Bertz CT molecular complexity index is 310. The molecule has 0 aromatic carbocycles. The molecule has 1 aliphatic heterocycles. The maximum absolute atomic E-state index is 10.7. The van der Waals surface area contributed by atoms with Crippen LogP contribution in [0.5, 0.6) is 0 Å². The van der Waals surface area contributed by atoms with Gasteiger partial charge < -0.3 is 14.9 Å². The number of nitrogens with zero attached hydrogens (tertiary/aromatic N) is 2. The molecule has 1 unspecified atom stereocenters. The Morgan fingerprint density at radius 2 is 2.06 bits per heavy atom. The Morgan fingerprint density at radius 3 is 2.53 bits per heavy atom. The number of rotatable bonds is 7. The molecule has 1 atom stereocenters. The van der Waals surface area contributed by atoms with Gasteiger partial charge in [-0.3, -0.25) is 4.48 Å². The summed E-state index contributed by atoms with van der Waals surface area (Å²) in [5.41, 5.74) is 0. The second kappa shape index (κ2) is 7.78. The van der Waals surface area contributed by atoms with Crippen LogP contribution in [0.1, 0.15) is 0 Å². The van der Waals surface area contributed by atoms with Crippen molar-refractivity contribution in [2.45, 2.75) is 0 Å². The molecule has 0 aliphatic carbocycles. The fourth-order valence-electron chi connectivity index (χ4n) is 1.59. The van der Waals surface area contributed by atoms with E-state index >= 15 is 0 Å². The van der Waals surface area contributed by atoms with Crippen molar-refractivity contribution in [3.63, 3.8) is 0 Å². The first-order valence-corrected chi connectivity index (χ1v) is 4.92. The number of carbonyl (C=O) groups is 2. The Labute approximate surface area is 121 Å². The van der Waals surface area contributed by atoms with Gasteiger partial charge >= 0.3 is 41.5 Å². The first-order valence-electron chi connectivity index (χ1n) is 4.92. The fourth-order valence-corrected chi connectivity index (χ4v) is 1.59. The van der Waals surface area contributed by atoms with E-state index < -0.39 is 11.9 Å². The molecule has 0 radical (unpaired) electrons. The van der Waals surface area contributed by atoms with Crippen molar-refractivity contribution in [3.05, 3.63) is 0 Å². The topological polar surface area (TPSA) is 96.2 Å². The van der Waals surface area contributed by atoms with Gasteiger partial charge in [0.25, 0.3) is 0 Å². The molecular formula is C9H15N2NaO5+2. The third-order valence-corrected chi connectivity index (χ3v) is 2.36. The van der Waals surface area contributed by atoms with E-state index in [1.807, 2.05) is 0 Å². The summed E-state index contributed by atoms with van der Waals surface area (Å²) < 4.78 is 5.12. The maximum Gasteiger partial charge on any atom is 1.00 e. The van der Waals surface area contributed by atoms with Crippen LogP contribution < -0.4 is 29.6 Å². The molecular weight excluding hydrogens is 239 g/mol. The van der Waals surface area contributed by atoms with Crippen molar-refractivity contribution in [1.82, 2.24) is 0 Å². The second-order valence-electron chi connectivity index (χ2n) is 3.69. The van der Waals surface area contributed by atoms with Gasteiger partial charge in [0.15, 0.2) is 12.9 Å². The van der Waals surface area contributed by atoms with Crippen molar-refractivity contribution in [2.24, 2.45) is 4.99 Å². The minimum absolute atomic E-state index is 0. The van der Waals surface area contributed by atoms with E-state index in [0.717, 1.165) is 0 Å². The Hall–Kier alpha value is -0.470. The van der Waals surface area contributed by atoms with Gasteiger partial charge in [-0.2, -0.15) is 0 Å². The minimum Gasteiger partial charge on any atom is -0.480 e. The van der Waals surface area contributed by atoms with Crippen molar-refractivity contribution in [1.29, 1.82) is 0 Å². The number of aliphatic imine (C=N–C) groups is 1. The van der Waals surface area contributed by atoms with Crippen LogP contribution in [0.15, 0.2) is 4.99 Å². The molecule has 0 amide bonds. The summed E-state index contributed by atoms with van der Waals surface area (Å²) in [6.07, 6.45) is 1.61. The molecule has 7 nitrogen and oxygen atoms in total. The molecule has 0 saturated heterocycles. The molecule has 1 rings (SSSR count). The summed E-state index contributed by atoms with van der Waals surface area (Å²) in [5, 5.41) is 17.1. The molecule has 17 heavy (non-hydrogen) atoms. The zero-order valence-corrected chi connectivity index (χ0v) is 11.8. The fraction of sp³-hybridized carbons (Fsp3) is 0.667. The summed E-state index contributed by atoms with van der Waals surface area (Å²) in [6.45, 7) is 1.48. The zero-order valence-electron chi connectivity index (χ0n) is 9.83. The van der Waals surface area contributed by atoms with E-state index in [4.69, 9.17) is 14.9 Å². The third-order valence-electron chi connectivity index (χ3n) is 2.36. The number of hydrogen-bond acceptors (Lipinski definition) is 4. The monoisotopic (exact) mass is 254 g/mol. The van der Waals surface area contributed by atoms with Gasteiger partial charge in [-0.15, -0.1) is 0 Å². The van der Waals surface area contributed by atoms with E-state index in [2.05, 4.69) is 4.99 Å². The van der Waals surface area contributed by atoms with Crippen molar-refractivity contribution < 1.29 is 58.6 Å². The second-order valence-corrected chi connectivity index (χ2v) is 3.69. The van der Waals surface area contributed by atoms with Gasteiger partial charge in [0, 0.05) is 0 Å². The van der Waals surface area contributed by atoms with Gasteiger partial charge in [0.05, 0.1) is 13.2 Å². The van der Waals surface area contributed by atoms with Gasteiger partial charge in [0.1, 0.15) is 19.7 Å². The summed E-state index contributed by atoms with van der Waals surface area (Å²) >= 11 is 0. The van der Waals surface area contributed by atoms with Crippen molar-refractivity contribution in [2.75, 3.05) is 39.4 Å². The largest absolute Gasteiger partial charge is 1.00 e. The van der Waals surface area contributed by atoms with Crippen LogP contribution in [0.2, 0.25) is 0 Å². The van der Waals surface area contributed by atoms with E-state index in [1.165, 1.54) is 0 Å². The predicted octanol–water partition coefficient (Wildman–Crippen LogP) is -3.97. The molecule has 1 aliphatic rings. The van der Waals surface area contributed by atoms with Crippen LogP contribution in [0.3, 0.4) is 0 Å². The first-order chi connectivity index (χ1) is 7.54. The van der Waals surface area contributed by atoms with E-state index in [0.29, 0.717) is 19.6 Å². The van der Waals surface area contributed by atoms with E-state index in [9.17, 15) is 9.59 Å². The van der Waals surface area contributed by atoms with Crippen molar-refractivity contribution >= 4 is 18.3 Å². The molecule has 0 aromatic rings. The number of quaternary nitrogens is 1. The van der Waals surface area contributed by atoms with Crippen LogP contribution in [0.4, 0.5) is 0 Å². The SMILES string of the molecule is O=C(O)COCC[N+]1(CC(=O)O)C=NCC1.[Na+]. The predicted molar refractivity (Wildman–Crippen MR) is 54.3 cm³/mol. The van der Waals surface area contributed by atoms with Crippen LogP contribution in [-0.2, 0) is 14.3 Å². The van der Waals surface area contributed by atoms with E-state index in [1.54, 1.807) is 6.34 Å². The van der Waals surface area contributed by atoms with Crippen LogP contribution in [-0.4, -0.2) is 72.4 Å². The normalized spacial score (nSPS) is 22.1. The Morgan fingerprint density at radius 1 is 1.35 bits per heavy atom. The Balaban J connectivity index is 0.00000256. The summed E-state index contributed by atoms with van der Waals surface area (Å²) in [6, 6.07) is 0. The number of carboxylic acids is 2. The van der Waals surface area contributed by atoms with Crippen LogP contribution in [0.25, 0.3) is 0 Å². The van der Waals surface area contributed by atoms with Gasteiger partial charge in [0.2, 0.25) is 0 Å². The molecule has 0 saturated carbocycles. The average molecular weight is 254 g/mol. The van der Waals surface area contributed by atoms with Gasteiger partial charge in [-0.05, 0) is 0 Å². The average Bonchev–Trinajstić information content (AvgIpc) is 2.60. The van der Waals surface area contributed by atoms with Gasteiger partial charge in [-0.25, -0.2) is 14.6 Å². The Kier molecular flexibility index (Phi) is 7.56. The number of aliphatic carboxylic acids is 2. The van der Waals surface area contributed by atoms with Gasteiger partial charge in [-0.1, -0.05) is 0 Å². The number of ether oxygens (including phenoxy) is 1. The molecule has 0 spiro atoms. The van der Waals surface area contributed by atoms with Crippen LogP contribution in [0, 0.1) is 0 Å². The number of carboxylic acid groups (broad SMARTS) is 2. The molecule has 0 bridgehead atoms. The molecule has 90 valence electrons. The number of hydrogen-bond donors (Lipinski definition) is 2. The molecule has 8 heteroatoms. The third kappa shape index (κ3) is 6.13. The zero-order chi connectivity index (χ0) is 12.0. The quantitative estimate of drug-likeness (QED) is 0.274. The standard InChI is InChI=1S/C9H14N2O5.Na/c12-8(13)5-11(2-1-10-7-11)3-4-16-6-9(14)15;/h7H,1-6H2,(H-,12,13,14,15);/q;+1/p+1. The molecule has 1 heterocycles.